The lowest BCUT2D eigenvalue weighted by Gasteiger charge is -2.27. The molecule has 1 aromatic carbocycles. The van der Waals surface area contributed by atoms with Crippen LogP contribution in [-0.4, -0.2) is 46.0 Å². The van der Waals surface area contributed by atoms with Gasteiger partial charge in [-0.05, 0) is 42.0 Å². The molecule has 2 aromatic rings. The molecular weight excluding hydrogens is 502 g/mol. The number of allylic oxidation sites excluding steroid dienone is 2. The van der Waals surface area contributed by atoms with E-state index < -0.39 is 30.8 Å². The highest BCUT2D eigenvalue weighted by molar-refractivity contribution is 6.31. The van der Waals surface area contributed by atoms with Gasteiger partial charge in [0.1, 0.15) is 12.4 Å². The average molecular weight is 517 g/mol. The van der Waals surface area contributed by atoms with E-state index in [2.05, 4.69) is 20.3 Å². The van der Waals surface area contributed by atoms with Crippen LogP contribution in [0.1, 0.15) is 23.1 Å². The molecule has 14 heteroatoms. The zero-order chi connectivity index (χ0) is 25.4. The first kappa shape index (κ1) is 24.5. The third kappa shape index (κ3) is 5.91. The largest absolute Gasteiger partial charge is 0.451 e. The molecule has 0 spiro atoms. The standard InChI is InChI=1S/C21H15ClF6N6O/c22-13-5-12(6-14(8-13)32-19(35)31-10-20(23,24)25)16-9-30-17-7-11(2-4-34(16)17)15-1-3-29-18(33-15)21(26,27)28/h1-8,16H,9-10H2,(H2,31,32,35). The second kappa shape index (κ2) is 9.21. The summed E-state index contributed by atoms with van der Waals surface area (Å²) in [4.78, 5) is 24.8. The average Bonchev–Trinajstić information content (AvgIpc) is 3.20. The van der Waals surface area contributed by atoms with Gasteiger partial charge in [0.25, 0.3) is 0 Å². The minimum absolute atomic E-state index is 0.0773. The molecule has 2 amide bonds. The number of carbonyl (C=O) groups excluding carboxylic acids is 1. The van der Waals surface area contributed by atoms with Gasteiger partial charge in [0.15, 0.2) is 0 Å². The van der Waals surface area contributed by atoms with Crippen molar-refractivity contribution < 1.29 is 31.1 Å². The van der Waals surface area contributed by atoms with Crippen molar-refractivity contribution in [2.24, 2.45) is 4.99 Å². The molecule has 2 N–H and O–H groups in total. The van der Waals surface area contributed by atoms with E-state index in [0.29, 0.717) is 17.0 Å². The molecule has 7 nitrogen and oxygen atoms in total. The fourth-order valence-corrected chi connectivity index (χ4v) is 3.72. The Morgan fingerprint density at radius 1 is 1.17 bits per heavy atom. The first-order chi connectivity index (χ1) is 16.4. The van der Waals surface area contributed by atoms with Crippen molar-refractivity contribution >= 4 is 34.7 Å². The van der Waals surface area contributed by atoms with Crippen molar-refractivity contribution in [1.82, 2.24) is 20.2 Å². The molecule has 3 heterocycles. The van der Waals surface area contributed by atoms with Crippen LogP contribution in [0.5, 0.6) is 0 Å². The lowest BCUT2D eigenvalue weighted by atomic mass is 10.0. The van der Waals surface area contributed by atoms with Crippen molar-refractivity contribution in [1.29, 1.82) is 0 Å². The number of nitrogens with one attached hydrogen (secondary N) is 2. The number of alkyl halides is 6. The predicted molar refractivity (Wildman–Crippen MR) is 116 cm³/mol. The summed E-state index contributed by atoms with van der Waals surface area (Å²) in [6.45, 7) is -1.22. The maximum absolute atomic E-state index is 12.9. The number of hydrogen-bond acceptors (Lipinski definition) is 5. The molecule has 2 aliphatic heterocycles. The summed E-state index contributed by atoms with van der Waals surface area (Å²) < 4.78 is 75.7. The topological polar surface area (TPSA) is 82.5 Å². The summed E-state index contributed by atoms with van der Waals surface area (Å²) in [6, 6.07) is 4.49. The van der Waals surface area contributed by atoms with Crippen molar-refractivity contribution in [3.63, 3.8) is 0 Å². The molecule has 0 saturated heterocycles. The Balaban J connectivity index is 1.50. The second-order valence-electron chi connectivity index (χ2n) is 7.50. The summed E-state index contributed by atoms with van der Waals surface area (Å²) in [5, 5.41) is 4.25. The summed E-state index contributed by atoms with van der Waals surface area (Å²) in [5.41, 5.74) is 1.28. The number of nitrogens with zero attached hydrogens (tertiary/aromatic N) is 4. The Labute approximate surface area is 199 Å². The van der Waals surface area contributed by atoms with E-state index in [0.717, 1.165) is 6.20 Å². The van der Waals surface area contributed by atoms with Crippen molar-refractivity contribution in [3.8, 4) is 0 Å². The van der Waals surface area contributed by atoms with Crippen LogP contribution in [0.3, 0.4) is 0 Å². The molecule has 0 bridgehead atoms. The molecule has 4 rings (SSSR count). The van der Waals surface area contributed by atoms with Crippen molar-refractivity contribution in [2.75, 3.05) is 18.4 Å². The Bertz CT molecular complexity index is 1240. The van der Waals surface area contributed by atoms with Crippen molar-refractivity contribution in [2.45, 2.75) is 18.4 Å². The SMILES string of the molecule is O=C(NCC(F)(F)F)Nc1cc(Cl)cc(C2CN=C3C=C(c4ccnc(C(F)(F)F)n4)C=CN32)c1. The fraction of sp³-hybridized carbons (Fsp3) is 0.238. The van der Waals surface area contributed by atoms with Gasteiger partial charge < -0.3 is 15.5 Å². The third-order valence-electron chi connectivity index (χ3n) is 4.94. The Kier molecular flexibility index (Phi) is 6.45. The van der Waals surface area contributed by atoms with Gasteiger partial charge in [0.05, 0.1) is 18.3 Å². The van der Waals surface area contributed by atoms with E-state index in [9.17, 15) is 31.1 Å². The van der Waals surface area contributed by atoms with Crippen LogP contribution in [0.25, 0.3) is 5.57 Å². The van der Waals surface area contributed by atoms with E-state index in [-0.39, 0.29) is 29.0 Å². The second-order valence-corrected chi connectivity index (χ2v) is 7.93. The molecule has 0 saturated carbocycles. The number of hydrogen-bond donors (Lipinski definition) is 2. The highest BCUT2D eigenvalue weighted by atomic mass is 35.5. The molecule has 0 aliphatic carbocycles. The zero-order valence-corrected chi connectivity index (χ0v) is 18.2. The number of fused-ring (bicyclic) bond motifs is 1. The quantitative estimate of drug-likeness (QED) is 0.547. The third-order valence-corrected chi connectivity index (χ3v) is 5.16. The highest BCUT2D eigenvalue weighted by Gasteiger charge is 2.35. The number of anilines is 1. The van der Waals surface area contributed by atoms with Gasteiger partial charge in [0.2, 0.25) is 5.82 Å². The number of halogens is 7. The Morgan fingerprint density at radius 2 is 1.94 bits per heavy atom. The number of rotatable bonds is 4. The van der Waals surface area contributed by atoms with Gasteiger partial charge in [-0.15, -0.1) is 0 Å². The summed E-state index contributed by atoms with van der Waals surface area (Å²) in [5.74, 6) is -0.784. The molecule has 35 heavy (non-hydrogen) atoms. The first-order valence-electron chi connectivity index (χ1n) is 9.94. The number of amides is 2. The maximum atomic E-state index is 12.9. The van der Waals surface area contributed by atoms with Crippen LogP contribution in [0.15, 0.2) is 53.8 Å². The zero-order valence-electron chi connectivity index (χ0n) is 17.5. The molecule has 184 valence electrons. The maximum Gasteiger partial charge on any atom is 0.451 e. The van der Waals surface area contributed by atoms with E-state index in [1.165, 1.54) is 12.1 Å². The van der Waals surface area contributed by atoms with Crippen LogP contribution in [-0.2, 0) is 6.18 Å². The smallest absolute Gasteiger partial charge is 0.329 e. The number of carbonyl (C=O) groups is 1. The molecule has 1 aromatic heterocycles. The van der Waals surface area contributed by atoms with Gasteiger partial charge in [-0.1, -0.05) is 11.6 Å². The van der Waals surface area contributed by atoms with E-state index in [4.69, 9.17) is 11.6 Å². The summed E-state index contributed by atoms with van der Waals surface area (Å²) >= 11 is 6.15. The van der Waals surface area contributed by atoms with Crippen LogP contribution in [0.2, 0.25) is 5.02 Å². The van der Waals surface area contributed by atoms with Crippen LogP contribution >= 0.6 is 11.6 Å². The molecule has 0 radical (unpaired) electrons. The number of urea groups is 1. The normalized spacial score (nSPS) is 17.6. The minimum Gasteiger partial charge on any atom is -0.329 e. The van der Waals surface area contributed by atoms with Gasteiger partial charge in [-0.2, -0.15) is 26.3 Å². The van der Waals surface area contributed by atoms with Gasteiger partial charge in [-0.3, -0.25) is 4.99 Å². The fourth-order valence-electron chi connectivity index (χ4n) is 3.47. The number of aromatic nitrogens is 2. The van der Waals surface area contributed by atoms with Crippen LogP contribution in [0.4, 0.5) is 36.8 Å². The van der Waals surface area contributed by atoms with Crippen molar-refractivity contribution in [3.05, 3.63) is 70.9 Å². The summed E-state index contributed by atoms with van der Waals surface area (Å²) in [7, 11) is 0. The number of benzene rings is 1. The molecule has 2 aliphatic rings. The van der Waals surface area contributed by atoms with Crippen LogP contribution in [0, 0.1) is 0 Å². The first-order valence-corrected chi connectivity index (χ1v) is 10.3. The monoisotopic (exact) mass is 516 g/mol. The lowest BCUT2D eigenvalue weighted by Crippen LogP contribution is -2.36. The van der Waals surface area contributed by atoms with E-state index >= 15 is 0 Å². The van der Waals surface area contributed by atoms with E-state index in [1.807, 2.05) is 0 Å². The number of amidine groups is 1. The Morgan fingerprint density at radius 3 is 2.66 bits per heavy atom. The Hall–Kier alpha value is -3.61. The summed E-state index contributed by atoms with van der Waals surface area (Å²) in [6.07, 6.45) is -3.42. The van der Waals surface area contributed by atoms with Gasteiger partial charge >= 0.3 is 18.4 Å². The molecular formula is C21H15ClF6N6O. The molecule has 1 unspecified atom stereocenters. The lowest BCUT2D eigenvalue weighted by molar-refractivity contribution is -0.145. The minimum atomic E-state index is -4.68. The van der Waals surface area contributed by atoms with E-state index in [1.54, 1.807) is 40.7 Å². The number of aliphatic imine (C=N–C) groups is 1. The predicted octanol–water partition coefficient (Wildman–Crippen LogP) is 5.20. The highest BCUT2D eigenvalue weighted by Crippen LogP contribution is 2.35. The van der Waals surface area contributed by atoms with Gasteiger partial charge in [0, 0.05) is 28.7 Å². The van der Waals surface area contributed by atoms with Crippen LogP contribution < -0.4 is 10.6 Å². The van der Waals surface area contributed by atoms with Gasteiger partial charge in [-0.25, -0.2) is 14.8 Å². The molecule has 0 fully saturated rings. The molecule has 1 atom stereocenters.